The van der Waals surface area contributed by atoms with Crippen LogP contribution in [-0.2, 0) is 6.54 Å². The molecule has 0 heterocycles. The van der Waals surface area contributed by atoms with Gasteiger partial charge in [0.1, 0.15) is 11.5 Å². The lowest BCUT2D eigenvalue weighted by molar-refractivity contribution is 0.424. The molecule has 0 spiro atoms. The van der Waals surface area contributed by atoms with Crippen molar-refractivity contribution >= 4 is 11.6 Å². The molecule has 0 fully saturated rings. The molecule has 0 radical (unpaired) electrons. The molecule has 0 atom stereocenters. The van der Waals surface area contributed by atoms with Crippen LogP contribution in [0.5, 0.6) is 11.5 Å². The standard InChI is InChI=1S/C18H22ClNO/c1-13-5-8-15(9-6-13)21-16-10-7-14(17(19)11-16)12-20-18(2,3)4/h5-11,20H,12H2,1-4H3. The normalized spacial score (nSPS) is 11.5. The van der Waals surface area contributed by atoms with E-state index in [4.69, 9.17) is 16.3 Å². The van der Waals surface area contributed by atoms with Crippen molar-refractivity contribution in [1.29, 1.82) is 0 Å². The van der Waals surface area contributed by atoms with E-state index in [1.807, 2.05) is 42.5 Å². The van der Waals surface area contributed by atoms with Gasteiger partial charge in [-0.1, -0.05) is 35.4 Å². The highest BCUT2D eigenvalue weighted by Crippen LogP contribution is 2.27. The third-order valence-electron chi connectivity index (χ3n) is 3.09. The number of rotatable bonds is 4. The first-order valence-corrected chi connectivity index (χ1v) is 7.49. The van der Waals surface area contributed by atoms with Gasteiger partial charge in [0.2, 0.25) is 0 Å². The summed E-state index contributed by atoms with van der Waals surface area (Å²) in [5.74, 6) is 1.57. The van der Waals surface area contributed by atoms with E-state index in [1.54, 1.807) is 0 Å². The van der Waals surface area contributed by atoms with Crippen molar-refractivity contribution in [2.24, 2.45) is 0 Å². The quantitative estimate of drug-likeness (QED) is 0.824. The summed E-state index contributed by atoms with van der Waals surface area (Å²) < 4.78 is 5.81. The predicted octanol–water partition coefficient (Wildman–Crippen LogP) is 5.33. The van der Waals surface area contributed by atoms with Gasteiger partial charge in [-0.05, 0) is 57.5 Å². The monoisotopic (exact) mass is 303 g/mol. The summed E-state index contributed by atoms with van der Waals surface area (Å²) in [6.45, 7) is 9.20. The van der Waals surface area contributed by atoms with Crippen molar-refractivity contribution in [1.82, 2.24) is 5.32 Å². The topological polar surface area (TPSA) is 21.3 Å². The Balaban J connectivity index is 2.06. The first kappa shape index (κ1) is 15.9. The lowest BCUT2D eigenvalue weighted by Gasteiger charge is -2.21. The fourth-order valence-electron chi connectivity index (χ4n) is 1.84. The third kappa shape index (κ3) is 5.07. The first-order valence-electron chi connectivity index (χ1n) is 7.11. The van der Waals surface area contributed by atoms with Gasteiger partial charge in [0.15, 0.2) is 0 Å². The number of aryl methyl sites for hydroxylation is 1. The molecule has 0 aromatic heterocycles. The van der Waals surface area contributed by atoms with E-state index < -0.39 is 0 Å². The van der Waals surface area contributed by atoms with E-state index in [2.05, 4.69) is 33.0 Å². The average molecular weight is 304 g/mol. The summed E-state index contributed by atoms with van der Waals surface area (Å²) in [5.41, 5.74) is 2.35. The van der Waals surface area contributed by atoms with E-state index >= 15 is 0 Å². The fourth-order valence-corrected chi connectivity index (χ4v) is 2.08. The van der Waals surface area contributed by atoms with Crippen LogP contribution in [0, 0.1) is 6.92 Å². The highest BCUT2D eigenvalue weighted by Gasteiger charge is 2.10. The molecule has 2 aromatic rings. The van der Waals surface area contributed by atoms with Gasteiger partial charge in [-0.25, -0.2) is 0 Å². The first-order chi connectivity index (χ1) is 9.83. The average Bonchev–Trinajstić information content (AvgIpc) is 2.39. The summed E-state index contributed by atoms with van der Waals surface area (Å²) in [7, 11) is 0. The van der Waals surface area contributed by atoms with E-state index in [-0.39, 0.29) is 5.54 Å². The minimum Gasteiger partial charge on any atom is -0.457 e. The Morgan fingerprint density at radius 1 is 1.00 bits per heavy atom. The zero-order valence-electron chi connectivity index (χ0n) is 13.0. The summed E-state index contributed by atoms with van der Waals surface area (Å²) in [4.78, 5) is 0. The highest BCUT2D eigenvalue weighted by atomic mass is 35.5. The van der Waals surface area contributed by atoms with Crippen molar-refractivity contribution in [3.8, 4) is 11.5 Å². The Hall–Kier alpha value is -1.51. The van der Waals surface area contributed by atoms with Crippen molar-refractivity contribution in [3.63, 3.8) is 0 Å². The Kier molecular flexibility index (Phi) is 4.92. The second-order valence-electron chi connectivity index (χ2n) is 6.27. The maximum absolute atomic E-state index is 6.33. The van der Waals surface area contributed by atoms with Crippen LogP contribution in [0.4, 0.5) is 0 Å². The Bertz CT molecular complexity index is 600. The predicted molar refractivity (Wildman–Crippen MR) is 89.3 cm³/mol. The van der Waals surface area contributed by atoms with Crippen LogP contribution in [0.15, 0.2) is 42.5 Å². The molecular weight excluding hydrogens is 282 g/mol. The summed E-state index contributed by atoms with van der Waals surface area (Å²) in [5, 5.41) is 4.15. The van der Waals surface area contributed by atoms with Gasteiger partial charge in [-0.15, -0.1) is 0 Å². The molecule has 0 aliphatic rings. The number of hydrogen-bond acceptors (Lipinski definition) is 2. The number of nitrogens with one attached hydrogen (secondary N) is 1. The summed E-state index contributed by atoms with van der Waals surface area (Å²) in [6.07, 6.45) is 0. The SMILES string of the molecule is Cc1ccc(Oc2ccc(CNC(C)(C)C)c(Cl)c2)cc1. The molecule has 2 rings (SSSR count). The zero-order chi connectivity index (χ0) is 15.5. The number of ether oxygens (including phenoxy) is 1. The molecule has 0 aliphatic carbocycles. The van der Waals surface area contributed by atoms with Crippen LogP contribution < -0.4 is 10.1 Å². The lowest BCUT2D eigenvalue weighted by atomic mass is 10.1. The highest BCUT2D eigenvalue weighted by molar-refractivity contribution is 6.31. The largest absolute Gasteiger partial charge is 0.457 e. The van der Waals surface area contributed by atoms with Gasteiger partial charge in [0, 0.05) is 17.1 Å². The maximum atomic E-state index is 6.33. The maximum Gasteiger partial charge on any atom is 0.128 e. The second kappa shape index (κ2) is 6.50. The molecule has 0 bridgehead atoms. The molecule has 3 heteroatoms. The van der Waals surface area contributed by atoms with Gasteiger partial charge >= 0.3 is 0 Å². The Labute approximate surface area is 132 Å². The van der Waals surface area contributed by atoms with Crippen molar-refractivity contribution in [2.45, 2.75) is 39.8 Å². The van der Waals surface area contributed by atoms with E-state index in [0.29, 0.717) is 0 Å². The van der Waals surface area contributed by atoms with Crippen LogP contribution in [0.25, 0.3) is 0 Å². The molecule has 112 valence electrons. The van der Waals surface area contributed by atoms with Gasteiger partial charge < -0.3 is 10.1 Å². The van der Waals surface area contributed by atoms with Gasteiger partial charge in [0.25, 0.3) is 0 Å². The van der Waals surface area contributed by atoms with Crippen LogP contribution in [0.1, 0.15) is 31.9 Å². The van der Waals surface area contributed by atoms with Crippen LogP contribution in [0.2, 0.25) is 5.02 Å². The van der Waals surface area contributed by atoms with Crippen molar-refractivity contribution in [2.75, 3.05) is 0 Å². The molecule has 2 nitrogen and oxygen atoms in total. The molecule has 0 unspecified atom stereocenters. The minimum absolute atomic E-state index is 0.0698. The van der Waals surface area contributed by atoms with Crippen molar-refractivity contribution < 1.29 is 4.74 Å². The van der Waals surface area contributed by atoms with Crippen molar-refractivity contribution in [3.05, 3.63) is 58.6 Å². The molecule has 21 heavy (non-hydrogen) atoms. The number of benzene rings is 2. The van der Waals surface area contributed by atoms with Crippen LogP contribution >= 0.6 is 11.6 Å². The van der Waals surface area contributed by atoms with Crippen LogP contribution in [0.3, 0.4) is 0 Å². The summed E-state index contributed by atoms with van der Waals surface area (Å²) >= 11 is 6.33. The summed E-state index contributed by atoms with van der Waals surface area (Å²) in [6, 6.07) is 13.8. The lowest BCUT2D eigenvalue weighted by Crippen LogP contribution is -2.35. The molecule has 2 aromatic carbocycles. The number of hydrogen-bond donors (Lipinski definition) is 1. The molecular formula is C18H22ClNO. The Morgan fingerprint density at radius 2 is 1.62 bits per heavy atom. The minimum atomic E-state index is 0.0698. The van der Waals surface area contributed by atoms with Gasteiger partial charge in [0.05, 0.1) is 0 Å². The fraction of sp³-hybridized carbons (Fsp3) is 0.333. The van der Waals surface area contributed by atoms with Crippen LogP contribution in [-0.4, -0.2) is 5.54 Å². The second-order valence-corrected chi connectivity index (χ2v) is 6.68. The van der Waals surface area contributed by atoms with E-state index in [1.165, 1.54) is 5.56 Å². The van der Waals surface area contributed by atoms with E-state index in [0.717, 1.165) is 28.6 Å². The smallest absolute Gasteiger partial charge is 0.128 e. The number of halogens is 1. The molecule has 0 saturated carbocycles. The third-order valence-corrected chi connectivity index (χ3v) is 3.44. The Morgan fingerprint density at radius 3 is 2.19 bits per heavy atom. The van der Waals surface area contributed by atoms with Gasteiger partial charge in [-0.2, -0.15) is 0 Å². The zero-order valence-corrected chi connectivity index (χ0v) is 13.8. The molecule has 1 N–H and O–H groups in total. The molecule has 0 saturated heterocycles. The molecule has 0 amide bonds. The van der Waals surface area contributed by atoms with E-state index in [9.17, 15) is 0 Å². The molecule has 0 aliphatic heterocycles. The van der Waals surface area contributed by atoms with Gasteiger partial charge in [-0.3, -0.25) is 0 Å².